The van der Waals surface area contributed by atoms with Crippen molar-refractivity contribution in [3.63, 3.8) is 0 Å². The summed E-state index contributed by atoms with van der Waals surface area (Å²) in [4.78, 5) is 22.4. The van der Waals surface area contributed by atoms with Crippen LogP contribution < -0.4 is 5.32 Å². The van der Waals surface area contributed by atoms with E-state index in [-0.39, 0.29) is 31.9 Å². The van der Waals surface area contributed by atoms with Crippen LogP contribution in [0.3, 0.4) is 0 Å². The Balaban J connectivity index is 2.33. The predicted molar refractivity (Wildman–Crippen MR) is 64.3 cm³/mol. The Morgan fingerprint density at radius 3 is 2.63 bits per heavy atom. The van der Waals surface area contributed by atoms with Crippen molar-refractivity contribution in [3.8, 4) is 0 Å². The van der Waals surface area contributed by atoms with Crippen LogP contribution in [0.15, 0.2) is 18.2 Å². The predicted octanol–water partition coefficient (Wildman–Crippen LogP) is 1.58. The first kappa shape index (κ1) is 15.1. The van der Waals surface area contributed by atoms with E-state index in [2.05, 4.69) is 10.1 Å². The molecule has 1 amide bonds. The summed E-state index contributed by atoms with van der Waals surface area (Å²) in [6.45, 7) is 1.73. The van der Waals surface area contributed by atoms with E-state index in [0.29, 0.717) is 5.56 Å². The number of rotatable bonds is 6. The quantitative estimate of drug-likeness (QED) is 0.799. The number of hydrogen-bond acceptors (Lipinski definition) is 3. The number of benzene rings is 1. The summed E-state index contributed by atoms with van der Waals surface area (Å²) in [5, 5.41) is 2.38. The van der Waals surface area contributed by atoms with E-state index in [1.807, 2.05) is 0 Å². The standard InChI is InChI=1S/C13H15F2NO3/c1-2-19-13(18)8-16-12(17)6-4-9-3-5-10(14)11(15)7-9/h3,5,7H,2,4,6,8H2,1H3,(H,16,17). The molecule has 0 heterocycles. The molecule has 0 aliphatic carbocycles. The molecule has 0 fully saturated rings. The van der Waals surface area contributed by atoms with Crippen molar-refractivity contribution in [2.75, 3.05) is 13.2 Å². The molecule has 0 atom stereocenters. The number of amides is 1. The number of carbonyl (C=O) groups is 2. The molecule has 1 aromatic rings. The van der Waals surface area contributed by atoms with Gasteiger partial charge < -0.3 is 10.1 Å². The number of nitrogens with one attached hydrogen (secondary N) is 1. The largest absolute Gasteiger partial charge is 0.465 e. The van der Waals surface area contributed by atoms with E-state index in [4.69, 9.17) is 0 Å². The summed E-state index contributed by atoms with van der Waals surface area (Å²) in [5.41, 5.74) is 0.519. The molecule has 1 N–H and O–H groups in total. The Hall–Kier alpha value is -1.98. The molecule has 1 aromatic carbocycles. The molecule has 0 spiro atoms. The van der Waals surface area contributed by atoms with E-state index in [1.165, 1.54) is 6.07 Å². The van der Waals surface area contributed by atoms with E-state index in [0.717, 1.165) is 12.1 Å². The van der Waals surface area contributed by atoms with Crippen LogP contribution in [0.4, 0.5) is 8.78 Å². The summed E-state index contributed by atoms with van der Waals surface area (Å²) in [6.07, 6.45) is 0.357. The summed E-state index contributed by atoms with van der Waals surface area (Å²) < 4.78 is 30.2. The van der Waals surface area contributed by atoms with Gasteiger partial charge in [-0.25, -0.2) is 8.78 Å². The van der Waals surface area contributed by atoms with Crippen molar-refractivity contribution in [2.24, 2.45) is 0 Å². The van der Waals surface area contributed by atoms with E-state index in [1.54, 1.807) is 6.92 Å². The lowest BCUT2D eigenvalue weighted by molar-refractivity contribution is -0.143. The molecule has 6 heteroatoms. The van der Waals surface area contributed by atoms with Gasteiger partial charge in [-0.3, -0.25) is 9.59 Å². The van der Waals surface area contributed by atoms with Crippen LogP contribution in [0, 0.1) is 11.6 Å². The van der Waals surface area contributed by atoms with Crippen molar-refractivity contribution in [1.29, 1.82) is 0 Å². The van der Waals surface area contributed by atoms with E-state index >= 15 is 0 Å². The molecule has 4 nitrogen and oxygen atoms in total. The molecule has 0 aromatic heterocycles. The van der Waals surface area contributed by atoms with Crippen LogP contribution in [-0.2, 0) is 20.7 Å². The lowest BCUT2D eigenvalue weighted by Crippen LogP contribution is -2.30. The minimum Gasteiger partial charge on any atom is -0.465 e. The highest BCUT2D eigenvalue weighted by Crippen LogP contribution is 2.10. The first-order chi connectivity index (χ1) is 9.02. The van der Waals surface area contributed by atoms with Gasteiger partial charge in [0, 0.05) is 6.42 Å². The average Bonchev–Trinajstić information content (AvgIpc) is 2.38. The van der Waals surface area contributed by atoms with Crippen molar-refractivity contribution in [2.45, 2.75) is 19.8 Å². The van der Waals surface area contributed by atoms with Crippen molar-refractivity contribution >= 4 is 11.9 Å². The Morgan fingerprint density at radius 2 is 2.00 bits per heavy atom. The average molecular weight is 271 g/mol. The molecule has 104 valence electrons. The minimum atomic E-state index is -0.940. The molecule has 0 saturated carbocycles. The Morgan fingerprint density at radius 1 is 1.26 bits per heavy atom. The first-order valence-electron chi connectivity index (χ1n) is 5.89. The highest BCUT2D eigenvalue weighted by atomic mass is 19.2. The molecule has 0 aliphatic rings. The monoisotopic (exact) mass is 271 g/mol. The molecular weight excluding hydrogens is 256 g/mol. The third-order valence-electron chi connectivity index (χ3n) is 2.36. The Labute approximate surface area is 109 Å². The Bertz CT molecular complexity index is 463. The third-order valence-corrected chi connectivity index (χ3v) is 2.36. The van der Waals surface area contributed by atoms with Crippen LogP contribution in [0.25, 0.3) is 0 Å². The van der Waals surface area contributed by atoms with E-state index < -0.39 is 17.6 Å². The van der Waals surface area contributed by atoms with Gasteiger partial charge in [0.1, 0.15) is 6.54 Å². The van der Waals surface area contributed by atoms with Crippen molar-refractivity contribution in [3.05, 3.63) is 35.4 Å². The van der Waals surface area contributed by atoms with Gasteiger partial charge in [0.15, 0.2) is 11.6 Å². The molecular formula is C13H15F2NO3. The highest BCUT2D eigenvalue weighted by molar-refractivity contribution is 5.81. The van der Waals surface area contributed by atoms with Gasteiger partial charge in [-0.05, 0) is 31.0 Å². The fourth-order valence-corrected chi connectivity index (χ4v) is 1.42. The molecule has 0 radical (unpaired) electrons. The van der Waals surface area contributed by atoms with E-state index in [9.17, 15) is 18.4 Å². The van der Waals surface area contributed by atoms with Crippen molar-refractivity contribution < 1.29 is 23.1 Å². The highest BCUT2D eigenvalue weighted by Gasteiger charge is 2.07. The lowest BCUT2D eigenvalue weighted by atomic mass is 10.1. The smallest absolute Gasteiger partial charge is 0.325 e. The van der Waals surface area contributed by atoms with Gasteiger partial charge in [-0.1, -0.05) is 6.07 Å². The van der Waals surface area contributed by atoms with Crippen molar-refractivity contribution in [1.82, 2.24) is 5.32 Å². The fraction of sp³-hybridized carbons (Fsp3) is 0.385. The molecule has 0 unspecified atom stereocenters. The van der Waals surface area contributed by atoms with Gasteiger partial charge in [-0.2, -0.15) is 0 Å². The Kier molecular flexibility index (Phi) is 5.92. The van der Waals surface area contributed by atoms with Crippen LogP contribution in [0.5, 0.6) is 0 Å². The maximum absolute atomic E-state index is 12.9. The zero-order valence-corrected chi connectivity index (χ0v) is 10.5. The summed E-state index contributed by atoms with van der Waals surface area (Å²) >= 11 is 0. The van der Waals surface area contributed by atoms with Gasteiger partial charge in [0.05, 0.1) is 6.61 Å². The topological polar surface area (TPSA) is 55.4 Å². The number of ether oxygens (including phenoxy) is 1. The summed E-state index contributed by atoms with van der Waals surface area (Å²) in [5.74, 6) is -2.72. The van der Waals surface area contributed by atoms with Gasteiger partial charge >= 0.3 is 5.97 Å². The number of carbonyl (C=O) groups excluding carboxylic acids is 2. The number of aryl methyl sites for hydroxylation is 1. The molecule has 19 heavy (non-hydrogen) atoms. The second kappa shape index (κ2) is 7.45. The molecule has 0 bridgehead atoms. The maximum atomic E-state index is 12.9. The summed E-state index contributed by atoms with van der Waals surface area (Å²) in [7, 11) is 0. The first-order valence-corrected chi connectivity index (χ1v) is 5.89. The lowest BCUT2D eigenvalue weighted by Gasteiger charge is -2.05. The zero-order valence-electron chi connectivity index (χ0n) is 10.5. The summed E-state index contributed by atoms with van der Waals surface area (Å²) in [6, 6.07) is 3.48. The maximum Gasteiger partial charge on any atom is 0.325 e. The number of halogens is 2. The van der Waals surface area contributed by atoms with Crippen LogP contribution >= 0.6 is 0 Å². The second-order valence-corrected chi connectivity index (χ2v) is 3.83. The fourth-order valence-electron chi connectivity index (χ4n) is 1.42. The number of esters is 1. The van der Waals surface area contributed by atoms with Gasteiger partial charge in [0.2, 0.25) is 5.91 Å². The number of hydrogen-bond donors (Lipinski definition) is 1. The van der Waals surface area contributed by atoms with Gasteiger partial charge in [-0.15, -0.1) is 0 Å². The zero-order chi connectivity index (χ0) is 14.3. The van der Waals surface area contributed by atoms with Gasteiger partial charge in [0.25, 0.3) is 0 Å². The molecule has 0 aliphatic heterocycles. The van der Waals surface area contributed by atoms with Crippen LogP contribution in [0.1, 0.15) is 18.9 Å². The SMILES string of the molecule is CCOC(=O)CNC(=O)CCc1ccc(F)c(F)c1. The normalized spacial score (nSPS) is 10.1. The third kappa shape index (κ3) is 5.46. The molecule has 0 saturated heterocycles. The second-order valence-electron chi connectivity index (χ2n) is 3.83. The van der Waals surface area contributed by atoms with Crippen LogP contribution in [0.2, 0.25) is 0 Å². The molecule has 1 rings (SSSR count). The minimum absolute atomic E-state index is 0.0878. The van der Waals surface area contributed by atoms with Crippen LogP contribution in [-0.4, -0.2) is 25.0 Å².